The highest BCUT2D eigenvalue weighted by Crippen LogP contribution is 2.26. The molecule has 1 rings (SSSR count). The number of carboxylic acids is 1. The Morgan fingerprint density at radius 3 is 2.76 bits per heavy atom. The summed E-state index contributed by atoms with van der Waals surface area (Å²) in [5.74, 6) is -0.361. The van der Waals surface area contributed by atoms with Crippen LogP contribution in [0.5, 0.6) is 5.75 Å². The average Bonchev–Trinajstić information content (AvgIpc) is 2.44. The van der Waals surface area contributed by atoms with Crippen LogP contribution in [-0.4, -0.2) is 29.2 Å². The lowest BCUT2D eigenvalue weighted by atomic mass is 10.2. The topological polar surface area (TPSA) is 102 Å². The van der Waals surface area contributed by atoms with Gasteiger partial charge in [-0.05, 0) is 19.3 Å². The van der Waals surface area contributed by atoms with E-state index < -0.39 is 10.9 Å². The zero-order valence-electron chi connectivity index (χ0n) is 12.0. The molecule has 0 bridgehead atoms. The van der Waals surface area contributed by atoms with Crippen LogP contribution in [0.1, 0.15) is 32.6 Å². The van der Waals surface area contributed by atoms with E-state index in [1.807, 2.05) is 6.92 Å². The second-order valence-corrected chi connectivity index (χ2v) is 4.60. The van der Waals surface area contributed by atoms with Gasteiger partial charge in [-0.25, -0.2) is 0 Å². The molecule has 1 aromatic rings. The molecule has 0 heterocycles. The van der Waals surface area contributed by atoms with Crippen LogP contribution in [0.2, 0.25) is 0 Å². The first-order valence-electron chi connectivity index (χ1n) is 6.91. The van der Waals surface area contributed by atoms with Crippen LogP contribution >= 0.6 is 0 Å². The van der Waals surface area contributed by atoms with Gasteiger partial charge in [-0.2, -0.15) is 0 Å². The Balaban J connectivity index is 2.60. The maximum Gasteiger partial charge on any atom is 0.303 e. The van der Waals surface area contributed by atoms with E-state index in [1.165, 1.54) is 12.1 Å². The number of nitro groups is 1. The first-order chi connectivity index (χ1) is 10.0. The van der Waals surface area contributed by atoms with Gasteiger partial charge >= 0.3 is 5.97 Å². The van der Waals surface area contributed by atoms with E-state index in [0.29, 0.717) is 37.4 Å². The van der Waals surface area contributed by atoms with Gasteiger partial charge in [0.05, 0.1) is 17.6 Å². The molecule has 0 saturated carbocycles. The number of unbranched alkanes of at least 4 members (excludes halogenated alkanes) is 1. The molecule has 0 atom stereocenters. The number of rotatable bonds is 10. The minimum Gasteiger partial charge on any atom is -0.493 e. The third-order valence-corrected chi connectivity index (χ3v) is 2.72. The SMILES string of the molecule is CCCOc1cc(NCCCCC(=O)O)cc([N+](=O)[O-])c1. The number of carboxylic acid groups (broad SMARTS) is 1. The lowest BCUT2D eigenvalue weighted by Crippen LogP contribution is -2.04. The van der Waals surface area contributed by atoms with E-state index in [1.54, 1.807) is 6.07 Å². The van der Waals surface area contributed by atoms with Crippen molar-refractivity contribution in [1.29, 1.82) is 0 Å². The number of hydrogen-bond donors (Lipinski definition) is 2. The van der Waals surface area contributed by atoms with Gasteiger partial charge < -0.3 is 15.2 Å². The zero-order chi connectivity index (χ0) is 15.7. The molecule has 7 nitrogen and oxygen atoms in total. The first kappa shape index (κ1) is 16.7. The normalized spacial score (nSPS) is 10.1. The number of benzene rings is 1. The van der Waals surface area contributed by atoms with Crippen LogP contribution in [-0.2, 0) is 4.79 Å². The van der Waals surface area contributed by atoms with Crippen LogP contribution in [0.25, 0.3) is 0 Å². The number of carbonyl (C=O) groups is 1. The number of anilines is 1. The summed E-state index contributed by atoms with van der Waals surface area (Å²) in [4.78, 5) is 20.8. The summed E-state index contributed by atoms with van der Waals surface area (Å²) < 4.78 is 5.42. The predicted molar refractivity (Wildman–Crippen MR) is 78.9 cm³/mol. The summed E-state index contributed by atoms with van der Waals surface area (Å²) in [6.45, 7) is 3.01. The molecular weight excluding hydrogens is 276 g/mol. The zero-order valence-corrected chi connectivity index (χ0v) is 12.0. The minimum absolute atomic E-state index is 0.0309. The molecule has 0 aliphatic carbocycles. The summed E-state index contributed by atoms with van der Waals surface area (Å²) in [6, 6.07) is 4.54. The molecule has 1 aromatic carbocycles. The number of ether oxygens (including phenoxy) is 1. The van der Waals surface area contributed by atoms with Gasteiger partial charge in [-0.3, -0.25) is 14.9 Å². The van der Waals surface area contributed by atoms with Crippen molar-refractivity contribution >= 4 is 17.3 Å². The molecule has 0 unspecified atom stereocenters. The number of non-ortho nitro benzene ring substituents is 1. The molecule has 116 valence electrons. The van der Waals surface area contributed by atoms with E-state index in [9.17, 15) is 14.9 Å². The largest absolute Gasteiger partial charge is 0.493 e. The lowest BCUT2D eigenvalue weighted by molar-refractivity contribution is -0.384. The number of nitrogens with zero attached hydrogens (tertiary/aromatic N) is 1. The highest BCUT2D eigenvalue weighted by molar-refractivity contribution is 5.66. The van der Waals surface area contributed by atoms with Crippen molar-refractivity contribution < 1.29 is 19.6 Å². The smallest absolute Gasteiger partial charge is 0.303 e. The van der Waals surface area contributed by atoms with Gasteiger partial charge in [0, 0.05) is 30.8 Å². The van der Waals surface area contributed by atoms with Gasteiger partial charge in [-0.1, -0.05) is 6.92 Å². The molecule has 2 N–H and O–H groups in total. The molecule has 0 amide bonds. The van der Waals surface area contributed by atoms with Crippen molar-refractivity contribution in [2.75, 3.05) is 18.5 Å². The standard InChI is InChI=1S/C14H20N2O5/c1-2-7-21-13-9-11(8-12(10-13)16(19)20)15-6-4-3-5-14(17)18/h8-10,15H,2-7H2,1H3,(H,17,18). The highest BCUT2D eigenvalue weighted by Gasteiger charge is 2.10. The van der Waals surface area contributed by atoms with E-state index in [0.717, 1.165) is 6.42 Å². The predicted octanol–water partition coefficient (Wildman–Crippen LogP) is 3.05. The second-order valence-electron chi connectivity index (χ2n) is 4.60. The third-order valence-electron chi connectivity index (χ3n) is 2.72. The fourth-order valence-electron chi connectivity index (χ4n) is 1.73. The van der Waals surface area contributed by atoms with E-state index >= 15 is 0 Å². The molecule has 21 heavy (non-hydrogen) atoms. The Labute approximate surface area is 123 Å². The lowest BCUT2D eigenvalue weighted by Gasteiger charge is -2.09. The Morgan fingerprint density at radius 2 is 2.14 bits per heavy atom. The molecule has 0 aromatic heterocycles. The van der Waals surface area contributed by atoms with E-state index in [4.69, 9.17) is 9.84 Å². The van der Waals surface area contributed by atoms with Crippen LogP contribution in [0, 0.1) is 10.1 Å². The van der Waals surface area contributed by atoms with Gasteiger partial charge in [0.1, 0.15) is 5.75 Å². The maximum absolute atomic E-state index is 10.9. The number of aliphatic carboxylic acids is 1. The summed E-state index contributed by atoms with van der Waals surface area (Å²) in [5.41, 5.74) is 0.572. The van der Waals surface area contributed by atoms with Gasteiger partial charge in [0.15, 0.2) is 0 Å². The van der Waals surface area contributed by atoms with E-state index in [-0.39, 0.29) is 12.1 Å². The van der Waals surface area contributed by atoms with Gasteiger partial charge in [0.25, 0.3) is 5.69 Å². The van der Waals surface area contributed by atoms with Crippen LogP contribution in [0.15, 0.2) is 18.2 Å². The Hall–Kier alpha value is -2.31. The Morgan fingerprint density at radius 1 is 1.38 bits per heavy atom. The minimum atomic E-state index is -0.819. The van der Waals surface area contributed by atoms with Gasteiger partial charge in [0.2, 0.25) is 0 Å². The average molecular weight is 296 g/mol. The second kappa shape index (κ2) is 8.78. The monoisotopic (exact) mass is 296 g/mol. The summed E-state index contributed by atoms with van der Waals surface area (Å²) >= 11 is 0. The van der Waals surface area contributed by atoms with E-state index in [2.05, 4.69) is 5.32 Å². The van der Waals surface area contributed by atoms with Gasteiger partial charge in [-0.15, -0.1) is 0 Å². The quantitative estimate of drug-likeness (QED) is 0.391. The number of hydrogen-bond acceptors (Lipinski definition) is 5. The Bertz CT molecular complexity index is 490. The van der Waals surface area contributed by atoms with Crippen molar-refractivity contribution in [3.8, 4) is 5.75 Å². The van der Waals surface area contributed by atoms with Crippen LogP contribution in [0.4, 0.5) is 11.4 Å². The molecule has 0 saturated heterocycles. The number of nitro benzene ring substituents is 1. The van der Waals surface area contributed by atoms with Crippen molar-refractivity contribution in [3.63, 3.8) is 0 Å². The molecule has 0 fully saturated rings. The summed E-state index contributed by atoms with van der Waals surface area (Å²) in [6.07, 6.45) is 2.19. The fraction of sp³-hybridized carbons (Fsp3) is 0.500. The maximum atomic E-state index is 10.9. The Kier molecular flexibility index (Phi) is 7.00. The summed E-state index contributed by atoms with van der Waals surface area (Å²) in [5, 5.41) is 22.5. The molecular formula is C14H20N2O5. The molecule has 7 heteroatoms. The van der Waals surface area contributed by atoms with Crippen LogP contribution < -0.4 is 10.1 Å². The van der Waals surface area contributed by atoms with Crippen molar-refractivity contribution in [3.05, 3.63) is 28.3 Å². The first-order valence-corrected chi connectivity index (χ1v) is 6.91. The highest BCUT2D eigenvalue weighted by atomic mass is 16.6. The fourth-order valence-corrected chi connectivity index (χ4v) is 1.73. The molecule has 0 radical (unpaired) electrons. The molecule has 0 aliphatic heterocycles. The van der Waals surface area contributed by atoms with Crippen molar-refractivity contribution in [2.45, 2.75) is 32.6 Å². The summed E-state index contributed by atoms with van der Waals surface area (Å²) in [7, 11) is 0. The van der Waals surface area contributed by atoms with Crippen LogP contribution in [0.3, 0.4) is 0 Å². The number of nitrogens with one attached hydrogen (secondary N) is 1. The molecule has 0 spiro atoms. The van der Waals surface area contributed by atoms with Crippen molar-refractivity contribution in [1.82, 2.24) is 0 Å². The third kappa shape index (κ3) is 6.60. The van der Waals surface area contributed by atoms with Crippen molar-refractivity contribution in [2.24, 2.45) is 0 Å². The molecule has 0 aliphatic rings.